The number of hydrogen-bond acceptors (Lipinski definition) is 3. The molecule has 0 unspecified atom stereocenters. The second-order valence-corrected chi connectivity index (χ2v) is 6.76. The van der Waals surface area contributed by atoms with E-state index in [0.29, 0.717) is 25.4 Å². The summed E-state index contributed by atoms with van der Waals surface area (Å²) in [4.78, 5) is 17.6. The van der Waals surface area contributed by atoms with Crippen LogP contribution in [0, 0.1) is 6.92 Å². The number of carbonyl (C=O) groups excluding carboxylic acids is 1. The number of benzene rings is 2. The molecule has 26 heavy (non-hydrogen) atoms. The first-order valence-electron chi connectivity index (χ1n) is 8.75. The molecule has 5 heteroatoms. The zero-order chi connectivity index (χ0) is 18.1. The first-order chi connectivity index (χ1) is 12.6. The fourth-order valence-electron chi connectivity index (χ4n) is 3.13. The minimum Gasteiger partial charge on any atom is -0.497 e. The molecule has 1 amide bonds. The van der Waals surface area contributed by atoms with Gasteiger partial charge in [-0.2, -0.15) is 0 Å². The zero-order valence-corrected chi connectivity index (χ0v) is 15.0. The SMILES string of the molecule is COc1ccc2cc(C(=O)N3CC(OCc4ccc(C)cc4)C3)[nH]c2c1. The molecule has 1 N–H and O–H groups in total. The summed E-state index contributed by atoms with van der Waals surface area (Å²) in [5.41, 5.74) is 3.90. The van der Waals surface area contributed by atoms with Crippen molar-refractivity contribution in [2.24, 2.45) is 0 Å². The third-order valence-corrected chi connectivity index (χ3v) is 4.80. The number of rotatable bonds is 5. The Hall–Kier alpha value is -2.79. The Morgan fingerprint density at radius 2 is 1.92 bits per heavy atom. The van der Waals surface area contributed by atoms with E-state index in [-0.39, 0.29) is 12.0 Å². The largest absolute Gasteiger partial charge is 0.497 e. The smallest absolute Gasteiger partial charge is 0.270 e. The van der Waals surface area contributed by atoms with Gasteiger partial charge in [-0.15, -0.1) is 0 Å². The topological polar surface area (TPSA) is 54.6 Å². The molecule has 4 rings (SSSR count). The van der Waals surface area contributed by atoms with Crippen molar-refractivity contribution in [2.75, 3.05) is 20.2 Å². The second kappa shape index (κ2) is 6.84. The van der Waals surface area contributed by atoms with Crippen molar-refractivity contribution in [3.63, 3.8) is 0 Å². The Bertz CT molecular complexity index is 924. The van der Waals surface area contributed by atoms with Crippen LogP contribution in [0.1, 0.15) is 21.6 Å². The van der Waals surface area contributed by atoms with E-state index >= 15 is 0 Å². The summed E-state index contributed by atoms with van der Waals surface area (Å²) < 4.78 is 11.1. The van der Waals surface area contributed by atoms with Gasteiger partial charge in [0.25, 0.3) is 5.91 Å². The second-order valence-electron chi connectivity index (χ2n) is 6.76. The number of hydrogen-bond donors (Lipinski definition) is 1. The van der Waals surface area contributed by atoms with Crippen LogP contribution >= 0.6 is 0 Å². The van der Waals surface area contributed by atoms with Crippen molar-refractivity contribution in [2.45, 2.75) is 19.6 Å². The molecule has 1 aromatic heterocycles. The Kier molecular flexibility index (Phi) is 4.39. The summed E-state index contributed by atoms with van der Waals surface area (Å²) in [6, 6.07) is 16.0. The molecule has 1 fully saturated rings. The molecule has 0 radical (unpaired) electrons. The first kappa shape index (κ1) is 16.7. The number of amides is 1. The van der Waals surface area contributed by atoms with Gasteiger partial charge >= 0.3 is 0 Å². The van der Waals surface area contributed by atoms with E-state index in [1.165, 1.54) is 5.56 Å². The van der Waals surface area contributed by atoms with E-state index in [2.05, 4.69) is 36.2 Å². The van der Waals surface area contributed by atoms with Crippen molar-refractivity contribution >= 4 is 16.8 Å². The Balaban J connectivity index is 1.33. The van der Waals surface area contributed by atoms with E-state index in [9.17, 15) is 4.79 Å². The average Bonchev–Trinajstić information content (AvgIpc) is 3.04. The third kappa shape index (κ3) is 3.30. The van der Waals surface area contributed by atoms with Crippen molar-refractivity contribution in [1.82, 2.24) is 9.88 Å². The molecule has 0 bridgehead atoms. The molecule has 0 saturated carbocycles. The van der Waals surface area contributed by atoms with Crippen LogP contribution in [0.15, 0.2) is 48.5 Å². The highest BCUT2D eigenvalue weighted by Gasteiger charge is 2.32. The molecule has 1 aliphatic rings. The van der Waals surface area contributed by atoms with E-state index < -0.39 is 0 Å². The number of nitrogens with one attached hydrogen (secondary N) is 1. The first-order valence-corrected chi connectivity index (χ1v) is 8.75. The van der Waals surface area contributed by atoms with Gasteiger partial charge in [0.15, 0.2) is 0 Å². The lowest BCUT2D eigenvalue weighted by Crippen LogP contribution is -2.54. The maximum Gasteiger partial charge on any atom is 0.270 e. The minimum atomic E-state index is 0.00959. The van der Waals surface area contributed by atoms with Gasteiger partial charge < -0.3 is 19.4 Å². The maximum atomic E-state index is 12.6. The number of carbonyl (C=O) groups is 1. The number of H-pyrrole nitrogens is 1. The van der Waals surface area contributed by atoms with E-state index in [4.69, 9.17) is 9.47 Å². The fourth-order valence-corrected chi connectivity index (χ4v) is 3.13. The number of likely N-dealkylation sites (tertiary alicyclic amines) is 1. The molecular weight excluding hydrogens is 328 g/mol. The van der Waals surface area contributed by atoms with Gasteiger partial charge in [0.1, 0.15) is 11.4 Å². The number of aromatic nitrogens is 1. The van der Waals surface area contributed by atoms with Gasteiger partial charge in [0.05, 0.1) is 19.8 Å². The number of methoxy groups -OCH3 is 1. The highest BCUT2D eigenvalue weighted by atomic mass is 16.5. The molecule has 3 aromatic rings. The number of aromatic amines is 1. The van der Waals surface area contributed by atoms with Gasteiger partial charge in [0.2, 0.25) is 0 Å². The van der Waals surface area contributed by atoms with Crippen LogP contribution in [0.3, 0.4) is 0 Å². The highest BCUT2D eigenvalue weighted by molar-refractivity contribution is 5.98. The lowest BCUT2D eigenvalue weighted by molar-refractivity contribution is -0.0504. The molecule has 0 atom stereocenters. The molecular formula is C21H22N2O3. The van der Waals surface area contributed by atoms with Crippen molar-refractivity contribution in [1.29, 1.82) is 0 Å². The normalized spacial score (nSPS) is 14.5. The number of nitrogens with zero attached hydrogens (tertiary/aromatic N) is 1. The highest BCUT2D eigenvalue weighted by Crippen LogP contribution is 2.23. The number of aryl methyl sites for hydroxylation is 1. The quantitative estimate of drug-likeness (QED) is 0.766. The van der Waals surface area contributed by atoms with Crippen LogP contribution in [0.4, 0.5) is 0 Å². The van der Waals surface area contributed by atoms with E-state index in [1.807, 2.05) is 29.2 Å². The van der Waals surface area contributed by atoms with Crippen LogP contribution in [0.25, 0.3) is 10.9 Å². The molecule has 0 spiro atoms. The van der Waals surface area contributed by atoms with Gasteiger partial charge in [-0.25, -0.2) is 0 Å². The van der Waals surface area contributed by atoms with Crippen molar-refractivity contribution in [3.8, 4) is 5.75 Å². The molecule has 1 aliphatic heterocycles. The molecule has 2 heterocycles. The van der Waals surface area contributed by atoms with E-state index in [1.54, 1.807) is 7.11 Å². The summed E-state index contributed by atoms with van der Waals surface area (Å²) >= 11 is 0. The van der Waals surface area contributed by atoms with Crippen LogP contribution < -0.4 is 4.74 Å². The predicted octanol–water partition coefficient (Wildman–Crippen LogP) is 3.53. The molecule has 0 aliphatic carbocycles. The van der Waals surface area contributed by atoms with Crippen molar-refractivity contribution < 1.29 is 14.3 Å². The van der Waals surface area contributed by atoms with E-state index in [0.717, 1.165) is 22.2 Å². The van der Waals surface area contributed by atoms with Gasteiger partial charge in [-0.05, 0) is 30.7 Å². The summed E-state index contributed by atoms with van der Waals surface area (Å²) in [6.07, 6.45) is 0.102. The third-order valence-electron chi connectivity index (χ3n) is 4.80. The Labute approximate surface area is 152 Å². The summed E-state index contributed by atoms with van der Waals surface area (Å²) in [6.45, 7) is 3.91. The fraction of sp³-hybridized carbons (Fsp3) is 0.286. The zero-order valence-electron chi connectivity index (χ0n) is 15.0. The van der Waals surface area contributed by atoms with Gasteiger partial charge in [0, 0.05) is 30.1 Å². The van der Waals surface area contributed by atoms with Crippen LogP contribution in [0.2, 0.25) is 0 Å². The van der Waals surface area contributed by atoms with Crippen LogP contribution in [-0.2, 0) is 11.3 Å². The number of ether oxygens (including phenoxy) is 2. The average molecular weight is 350 g/mol. The Morgan fingerprint density at radius 1 is 1.15 bits per heavy atom. The van der Waals surface area contributed by atoms with Crippen molar-refractivity contribution in [3.05, 3.63) is 65.4 Å². The van der Waals surface area contributed by atoms with Crippen LogP contribution in [-0.4, -0.2) is 42.1 Å². The lowest BCUT2D eigenvalue weighted by Gasteiger charge is -2.38. The standard InChI is InChI=1S/C21H22N2O3/c1-14-3-5-15(6-4-14)13-26-18-11-23(12-18)21(24)20-9-16-7-8-17(25-2)10-19(16)22-20/h3-10,18,22H,11-13H2,1-2H3. The number of fused-ring (bicyclic) bond motifs is 1. The van der Waals surface area contributed by atoms with Gasteiger partial charge in [-0.1, -0.05) is 29.8 Å². The molecule has 1 saturated heterocycles. The van der Waals surface area contributed by atoms with Gasteiger partial charge in [-0.3, -0.25) is 4.79 Å². The predicted molar refractivity (Wildman–Crippen MR) is 101 cm³/mol. The summed E-state index contributed by atoms with van der Waals surface area (Å²) in [5.74, 6) is 0.780. The lowest BCUT2D eigenvalue weighted by atomic mass is 10.1. The molecule has 5 nitrogen and oxygen atoms in total. The summed E-state index contributed by atoms with van der Waals surface area (Å²) in [7, 11) is 1.63. The monoisotopic (exact) mass is 350 g/mol. The molecule has 2 aromatic carbocycles. The Morgan fingerprint density at radius 3 is 2.65 bits per heavy atom. The molecule has 134 valence electrons. The summed E-state index contributed by atoms with van der Waals surface area (Å²) in [5, 5.41) is 1.00. The maximum absolute atomic E-state index is 12.6. The minimum absolute atomic E-state index is 0.00959. The van der Waals surface area contributed by atoms with Crippen LogP contribution in [0.5, 0.6) is 5.75 Å².